The topological polar surface area (TPSA) is 98.3 Å². The molecule has 1 aromatic carbocycles. The van der Waals surface area contributed by atoms with E-state index < -0.39 is 0 Å². The standard InChI is InChI=1S/C22H25N9O/c1-15-5-4-6-17(11-15)13-24-31-14-23-19-20(25-18-12-16(2)29(3)28-18)26-22(27-21(19)31)30-7-9-32-10-8-30/h4-6,11-14H,7-10H2,1-3H3,(H,25,26,27,28)/b24-13+. The van der Waals surface area contributed by atoms with E-state index in [1.807, 2.05) is 36.9 Å². The number of ether oxygens (including phenoxy) is 1. The monoisotopic (exact) mass is 431 g/mol. The Kier molecular flexibility index (Phi) is 5.28. The molecule has 0 unspecified atom stereocenters. The van der Waals surface area contributed by atoms with Crippen LogP contribution in [0.1, 0.15) is 16.8 Å². The molecule has 3 aromatic heterocycles. The maximum absolute atomic E-state index is 5.49. The molecule has 0 saturated carbocycles. The molecule has 5 rings (SSSR count). The van der Waals surface area contributed by atoms with E-state index in [1.54, 1.807) is 17.2 Å². The van der Waals surface area contributed by atoms with Crippen LogP contribution in [0, 0.1) is 13.8 Å². The van der Waals surface area contributed by atoms with Crippen molar-refractivity contribution >= 4 is 35.0 Å². The van der Waals surface area contributed by atoms with E-state index in [1.165, 1.54) is 5.56 Å². The number of rotatable bonds is 5. The summed E-state index contributed by atoms with van der Waals surface area (Å²) in [6.07, 6.45) is 3.46. The lowest BCUT2D eigenvalue weighted by Gasteiger charge is -2.27. The lowest BCUT2D eigenvalue weighted by molar-refractivity contribution is 0.122. The van der Waals surface area contributed by atoms with Crippen molar-refractivity contribution < 1.29 is 4.74 Å². The zero-order valence-corrected chi connectivity index (χ0v) is 18.4. The fraction of sp³-hybridized carbons (Fsp3) is 0.318. The first kappa shape index (κ1) is 20.1. The minimum Gasteiger partial charge on any atom is -0.378 e. The van der Waals surface area contributed by atoms with Crippen LogP contribution in [0.15, 0.2) is 41.8 Å². The predicted octanol–water partition coefficient (Wildman–Crippen LogP) is 2.64. The third kappa shape index (κ3) is 4.04. The van der Waals surface area contributed by atoms with Gasteiger partial charge in [0.2, 0.25) is 5.95 Å². The van der Waals surface area contributed by atoms with Crippen LogP contribution in [0.2, 0.25) is 0 Å². The van der Waals surface area contributed by atoms with Crippen LogP contribution in [0.4, 0.5) is 17.6 Å². The highest BCUT2D eigenvalue weighted by Crippen LogP contribution is 2.26. The first-order valence-corrected chi connectivity index (χ1v) is 10.5. The van der Waals surface area contributed by atoms with Crippen LogP contribution >= 0.6 is 0 Å². The number of hydrogen-bond acceptors (Lipinski definition) is 8. The summed E-state index contributed by atoms with van der Waals surface area (Å²) in [4.78, 5) is 16.2. The van der Waals surface area contributed by atoms with Gasteiger partial charge in [0.05, 0.1) is 19.4 Å². The van der Waals surface area contributed by atoms with Gasteiger partial charge in [-0.2, -0.15) is 20.2 Å². The summed E-state index contributed by atoms with van der Waals surface area (Å²) in [5, 5.41) is 12.4. The first-order valence-electron chi connectivity index (χ1n) is 10.5. The molecule has 0 aliphatic carbocycles. The Balaban J connectivity index is 1.56. The van der Waals surface area contributed by atoms with Crippen LogP contribution in [-0.2, 0) is 11.8 Å². The van der Waals surface area contributed by atoms with Crippen molar-refractivity contribution in [2.75, 3.05) is 36.5 Å². The Morgan fingerprint density at radius 2 is 1.97 bits per heavy atom. The molecule has 32 heavy (non-hydrogen) atoms. The largest absolute Gasteiger partial charge is 0.378 e. The van der Waals surface area contributed by atoms with Gasteiger partial charge in [0.25, 0.3) is 0 Å². The molecule has 1 aliphatic heterocycles. The van der Waals surface area contributed by atoms with Crippen molar-refractivity contribution in [3.63, 3.8) is 0 Å². The number of hydrogen-bond donors (Lipinski definition) is 1. The van der Waals surface area contributed by atoms with Crippen molar-refractivity contribution in [3.05, 3.63) is 53.5 Å². The fourth-order valence-corrected chi connectivity index (χ4v) is 3.58. The van der Waals surface area contributed by atoms with Crippen LogP contribution in [0.25, 0.3) is 11.2 Å². The summed E-state index contributed by atoms with van der Waals surface area (Å²) in [5.74, 6) is 1.92. The maximum Gasteiger partial charge on any atom is 0.229 e. The molecule has 1 aliphatic rings. The maximum atomic E-state index is 5.49. The number of nitrogens with zero attached hydrogens (tertiary/aromatic N) is 8. The molecule has 0 amide bonds. The quantitative estimate of drug-likeness (QED) is 0.485. The predicted molar refractivity (Wildman–Crippen MR) is 124 cm³/mol. The number of benzene rings is 1. The van der Waals surface area contributed by atoms with E-state index >= 15 is 0 Å². The Bertz CT molecular complexity index is 1260. The second-order valence-electron chi connectivity index (χ2n) is 7.81. The summed E-state index contributed by atoms with van der Waals surface area (Å²) in [7, 11) is 1.91. The number of imidazole rings is 1. The number of anilines is 3. The number of nitrogens with one attached hydrogen (secondary N) is 1. The molecule has 10 heteroatoms. The Hall–Kier alpha value is -3.79. The molecule has 4 heterocycles. The van der Waals surface area contributed by atoms with E-state index in [0.29, 0.717) is 42.0 Å². The lowest BCUT2D eigenvalue weighted by atomic mass is 10.2. The molecule has 0 radical (unpaired) electrons. The van der Waals surface area contributed by atoms with Crippen LogP contribution in [-0.4, -0.2) is 61.9 Å². The van der Waals surface area contributed by atoms with Gasteiger partial charge in [0.15, 0.2) is 22.8 Å². The van der Waals surface area contributed by atoms with Gasteiger partial charge < -0.3 is 15.0 Å². The molecular formula is C22H25N9O. The summed E-state index contributed by atoms with van der Waals surface area (Å²) >= 11 is 0. The molecule has 4 aromatic rings. The van der Waals surface area contributed by atoms with Gasteiger partial charge in [-0.15, -0.1) is 0 Å². The van der Waals surface area contributed by atoms with Gasteiger partial charge >= 0.3 is 0 Å². The highest BCUT2D eigenvalue weighted by atomic mass is 16.5. The Morgan fingerprint density at radius 1 is 1.12 bits per heavy atom. The van der Waals surface area contributed by atoms with E-state index in [9.17, 15) is 0 Å². The molecular weight excluding hydrogens is 406 g/mol. The third-order valence-corrected chi connectivity index (χ3v) is 5.39. The number of aryl methyl sites for hydroxylation is 3. The SMILES string of the molecule is Cc1cccc(/C=N/n2cnc3c(Nc4cc(C)n(C)n4)nc(N4CCOCC4)nc32)c1. The minimum absolute atomic E-state index is 0.596. The van der Waals surface area contributed by atoms with Gasteiger partial charge in [0, 0.05) is 31.9 Å². The smallest absolute Gasteiger partial charge is 0.229 e. The van der Waals surface area contributed by atoms with E-state index in [4.69, 9.17) is 14.7 Å². The van der Waals surface area contributed by atoms with Crippen molar-refractivity contribution in [3.8, 4) is 0 Å². The lowest BCUT2D eigenvalue weighted by Crippen LogP contribution is -2.37. The zero-order chi connectivity index (χ0) is 22.1. The molecule has 0 bridgehead atoms. The summed E-state index contributed by atoms with van der Waals surface area (Å²) in [5.41, 5.74) is 4.49. The minimum atomic E-state index is 0.596. The van der Waals surface area contributed by atoms with Crippen molar-refractivity contribution in [2.24, 2.45) is 12.1 Å². The number of morpholine rings is 1. The molecule has 1 saturated heterocycles. The average Bonchev–Trinajstić information content (AvgIpc) is 3.35. The summed E-state index contributed by atoms with van der Waals surface area (Å²) in [6.45, 7) is 6.82. The van der Waals surface area contributed by atoms with E-state index in [2.05, 4.69) is 44.5 Å². The van der Waals surface area contributed by atoms with Crippen LogP contribution in [0.3, 0.4) is 0 Å². The third-order valence-electron chi connectivity index (χ3n) is 5.39. The van der Waals surface area contributed by atoms with Crippen molar-refractivity contribution in [1.82, 2.24) is 29.4 Å². The highest BCUT2D eigenvalue weighted by Gasteiger charge is 2.20. The summed E-state index contributed by atoms with van der Waals surface area (Å²) < 4.78 is 8.98. The second kappa shape index (κ2) is 8.39. The number of aromatic nitrogens is 6. The molecule has 1 fully saturated rings. The zero-order valence-electron chi connectivity index (χ0n) is 18.4. The fourth-order valence-electron chi connectivity index (χ4n) is 3.58. The van der Waals surface area contributed by atoms with Crippen molar-refractivity contribution in [1.29, 1.82) is 0 Å². The van der Waals surface area contributed by atoms with E-state index in [0.717, 1.165) is 24.3 Å². The van der Waals surface area contributed by atoms with Gasteiger partial charge in [-0.25, -0.2) is 9.66 Å². The van der Waals surface area contributed by atoms with Crippen LogP contribution in [0.5, 0.6) is 0 Å². The molecule has 1 N–H and O–H groups in total. The van der Waals surface area contributed by atoms with Crippen LogP contribution < -0.4 is 10.2 Å². The van der Waals surface area contributed by atoms with Gasteiger partial charge in [-0.3, -0.25) is 4.68 Å². The first-order chi connectivity index (χ1) is 15.6. The second-order valence-corrected chi connectivity index (χ2v) is 7.81. The molecule has 164 valence electrons. The highest BCUT2D eigenvalue weighted by molar-refractivity contribution is 5.87. The Labute approximate surface area is 185 Å². The van der Waals surface area contributed by atoms with Gasteiger partial charge in [0.1, 0.15) is 6.33 Å². The Morgan fingerprint density at radius 3 is 2.72 bits per heavy atom. The summed E-state index contributed by atoms with van der Waals surface area (Å²) in [6, 6.07) is 10.1. The molecule has 0 spiro atoms. The molecule has 10 nitrogen and oxygen atoms in total. The average molecular weight is 432 g/mol. The molecule has 0 atom stereocenters. The van der Waals surface area contributed by atoms with E-state index in [-0.39, 0.29) is 0 Å². The van der Waals surface area contributed by atoms with Gasteiger partial charge in [-0.05, 0) is 19.4 Å². The normalized spacial score (nSPS) is 14.5. The van der Waals surface area contributed by atoms with Gasteiger partial charge in [-0.1, -0.05) is 29.8 Å². The van der Waals surface area contributed by atoms with Crippen molar-refractivity contribution in [2.45, 2.75) is 13.8 Å². The number of fused-ring (bicyclic) bond motifs is 1.